The van der Waals surface area contributed by atoms with Gasteiger partial charge in [0.25, 0.3) is 0 Å². The van der Waals surface area contributed by atoms with Crippen LogP contribution in [0.4, 0.5) is 13.2 Å². The molecule has 10 heteroatoms. The number of likely N-dealkylation sites (tertiary alicyclic amines) is 1. The number of hydrogen-bond acceptors (Lipinski definition) is 3. The van der Waals surface area contributed by atoms with Crippen molar-refractivity contribution in [2.45, 2.75) is 57.2 Å². The minimum atomic E-state index is -4.69. The summed E-state index contributed by atoms with van der Waals surface area (Å²) < 4.78 is 40.5. The summed E-state index contributed by atoms with van der Waals surface area (Å²) in [5.41, 5.74) is 0.881. The summed E-state index contributed by atoms with van der Waals surface area (Å²) in [6.07, 6.45) is -1.14. The molecule has 0 aromatic heterocycles. The third-order valence-electron chi connectivity index (χ3n) is 5.22. The minimum Gasteiger partial charge on any atom is -0.481 e. The smallest absolute Gasteiger partial charge is 0.481 e. The quantitative estimate of drug-likeness (QED) is 0.544. The first-order chi connectivity index (χ1) is 12.6. The SMILES string of the molecule is Cl.Cl.[B]C(CCCC)(C(=O)O)C1CCN(Cc2ccc(OC(F)(F)F)cc2)CC1. The average molecular weight is 456 g/mol. The first-order valence-corrected chi connectivity index (χ1v) is 9.23. The van der Waals surface area contributed by atoms with Gasteiger partial charge < -0.3 is 9.84 Å². The monoisotopic (exact) mass is 455 g/mol. The molecular formula is C19H27BCl2F3NO3. The van der Waals surface area contributed by atoms with E-state index in [9.17, 15) is 23.1 Å². The lowest BCUT2D eigenvalue weighted by molar-refractivity contribution is -0.274. The molecular weight excluding hydrogens is 429 g/mol. The second-order valence-electron chi connectivity index (χ2n) is 7.19. The van der Waals surface area contributed by atoms with Crippen molar-refractivity contribution in [1.29, 1.82) is 0 Å². The van der Waals surface area contributed by atoms with E-state index in [1.807, 2.05) is 6.92 Å². The van der Waals surface area contributed by atoms with Crippen molar-refractivity contribution in [3.8, 4) is 5.75 Å². The van der Waals surface area contributed by atoms with Crippen molar-refractivity contribution >= 4 is 38.6 Å². The van der Waals surface area contributed by atoms with Crippen molar-refractivity contribution in [2.24, 2.45) is 5.92 Å². The standard InChI is InChI=1S/C19H25BF3NO3.2ClH/c1-2-3-10-18(20,17(25)26)15-8-11-24(12-9-15)13-14-4-6-16(7-5-14)27-19(21,22)23;;/h4-7,15H,2-3,8-13H2,1H3,(H,25,26);2*1H. The van der Waals surface area contributed by atoms with Crippen LogP contribution in [0.1, 0.15) is 44.6 Å². The fourth-order valence-corrected chi connectivity index (χ4v) is 3.62. The molecule has 1 atom stereocenters. The van der Waals surface area contributed by atoms with Gasteiger partial charge in [-0.2, -0.15) is 0 Å². The minimum absolute atomic E-state index is 0. The van der Waals surface area contributed by atoms with Crippen LogP contribution in [0.3, 0.4) is 0 Å². The van der Waals surface area contributed by atoms with Gasteiger partial charge in [0.15, 0.2) is 0 Å². The molecule has 1 aliphatic rings. The Morgan fingerprint density at radius 3 is 2.21 bits per heavy atom. The number of piperidine rings is 1. The number of benzene rings is 1. The lowest BCUT2D eigenvalue weighted by atomic mass is 9.56. The van der Waals surface area contributed by atoms with Crippen LogP contribution in [0.2, 0.25) is 5.31 Å². The highest BCUT2D eigenvalue weighted by atomic mass is 35.5. The third kappa shape index (κ3) is 8.26. The molecule has 29 heavy (non-hydrogen) atoms. The molecule has 4 nitrogen and oxygen atoms in total. The molecule has 1 fully saturated rings. The van der Waals surface area contributed by atoms with Crippen LogP contribution in [-0.2, 0) is 11.3 Å². The second-order valence-corrected chi connectivity index (χ2v) is 7.19. The highest BCUT2D eigenvalue weighted by molar-refractivity contribution is 6.27. The summed E-state index contributed by atoms with van der Waals surface area (Å²) in [5, 5.41) is 8.41. The van der Waals surface area contributed by atoms with Crippen LogP contribution >= 0.6 is 24.8 Å². The van der Waals surface area contributed by atoms with Crippen molar-refractivity contribution in [3.05, 3.63) is 29.8 Å². The van der Waals surface area contributed by atoms with Crippen molar-refractivity contribution < 1.29 is 27.8 Å². The van der Waals surface area contributed by atoms with E-state index in [1.54, 1.807) is 12.1 Å². The van der Waals surface area contributed by atoms with Gasteiger partial charge in [-0.3, -0.25) is 9.69 Å². The van der Waals surface area contributed by atoms with Gasteiger partial charge in [0.1, 0.15) is 5.75 Å². The number of aliphatic carboxylic acids is 1. The fourth-order valence-electron chi connectivity index (χ4n) is 3.62. The Kier molecular flexibility index (Phi) is 11.5. The van der Waals surface area contributed by atoms with Crippen molar-refractivity contribution in [3.63, 3.8) is 0 Å². The summed E-state index contributed by atoms with van der Waals surface area (Å²) >= 11 is 0. The third-order valence-corrected chi connectivity index (χ3v) is 5.22. The van der Waals surface area contributed by atoms with Gasteiger partial charge in [-0.15, -0.1) is 38.0 Å². The number of alkyl halides is 3. The number of unbranched alkanes of at least 4 members (excludes halogenated alkanes) is 1. The van der Waals surface area contributed by atoms with E-state index >= 15 is 0 Å². The summed E-state index contributed by atoms with van der Waals surface area (Å²) in [7, 11) is 6.24. The first-order valence-electron chi connectivity index (χ1n) is 9.23. The van der Waals surface area contributed by atoms with Crippen molar-refractivity contribution in [2.75, 3.05) is 13.1 Å². The molecule has 0 aliphatic carbocycles. The molecule has 2 rings (SSSR count). The van der Waals surface area contributed by atoms with Gasteiger partial charge in [0.2, 0.25) is 0 Å². The van der Waals surface area contributed by atoms with E-state index in [4.69, 9.17) is 7.85 Å². The molecule has 1 heterocycles. The molecule has 2 radical (unpaired) electrons. The molecule has 1 N–H and O–H groups in total. The molecule has 0 amide bonds. The van der Waals surface area contributed by atoms with Crippen molar-refractivity contribution in [1.82, 2.24) is 4.90 Å². The molecule has 1 aliphatic heterocycles. The van der Waals surface area contributed by atoms with Crippen LogP contribution in [0.5, 0.6) is 5.75 Å². The van der Waals surface area contributed by atoms with Gasteiger partial charge >= 0.3 is 12.3 Å². The van der Waals surface area contributed by atoms with Crippen LogP contribution < -0.4 is 4.74 Å². The summed E-state index contributed by atoms with van der Waals surface area (Å²) in [5.74, 6) is -1.25. The summed E-state index contributed by atoms with van der Waals surface area (Å²) in [6.45, 7) is 4.03. The number of ether oxygens (including phenoxy) is 1. The van der Waals surface area contributed by atoms with Crippen LogP contribution in [0, 0.1) is 5.92 Å². The second kappa shape index (κ2) is 11.9. The number of hydrogen-bond donors (Lipinski definition) is 1. The van der Waals surface area contributed by atoms with E-state index in [0.717, 1.165) is 18.4 Å². The van der Waals surface area contributed by atoms with Gasteiger partial charge in [0.05, 0.1) is 7.85 Å². The molecule has 0 bridgehead atoms. The fraction of sp³-hybridized carbons (Fsp3) is 0.632. The molecule has 1 saturated heterocycles. The molecule has 1 aromatic carbocycles. The molecule has 0 saturated carbocycles. The maximum Gasteiger partial charge on any atom is 0.573 e. The van der Waals surface area contributed by atoms with E-state index in [2.05, 4.69) is 9.64 Å². The molecule has 1 unspecified atom stereocenters. The highest BCUT2D eigenvalue weighted by Gasteiger charge is 2.41. The Morgan fingerprint density at radius 1 is 1.21 bits per heavy atom. The Morgan fingerprint density at radius 2 is 1.76 bits per heavy atom. The zero-order valence-corrected chi connectivity index (χ0v) is 17.9. The van der Waals surface area contributed by atoms with Crippen LogP contribution in [-0.4, -0.2) is 43.3 Å². The number of rotatable bonds is 8. The van der Waals surface area contributed by atoms with E-state index in [-0.39, 0.29) is 36.5 Å². The maximum absolute atomic E-state index is 12.2. The Bertz CT molecular complexity index is 626. The average Bonchev–Trinajstić information content (AvgIpc) is 2.60. The number of carboxylic acids is 1. The predicted molar refractivity (Wildman–Crippen MR) is 111 cm³/mol. The Balaban J connectivity index is 0.00000392. The van der Waals surface area contributed by atoms with E-state index < -0.39 is 17.6 Å². The normalized spacial score (nSPS) is 17.5. The predicted octanol–water partition coefficient (Wildman–Crippen LogP) is 5.24. The maximum atomic E-state index is 12.2. The number of carboxylic acid groups (broad SMARTS) is 1. The zero-order valence-electron chi connectivity index (χ0n) is 16.3. The first kappa shape index (κ1) is 27.9. The Hall–Kier alpha value is -1.12. The summed E-state index contributed by atoms with van der Waals surface area (Å²) in [4.78, 5) is 13.9. The number of carbonyl (C=O) groups is 1. The highest BCUT2D eigenvalue weighted by Crippen LogP contribution is 2.43. The van der Waals surface area contributed by atoms with Crippen LogP contribution in [0.25, 0.3) is 0 Å². The van der Waals surface area contributed by atoms with E-state index in [0.29, 0.717) is 38.9 Å². The van der Waals surface area contributed by atoms with E-state index in [1.165, 1.54) is 12.1 Å². The Labute approximate surface area is 183 Å². The molecule has 0 spiro atoms. The van der Waals surface area contributed by atoms with Gasteiger partial charge in [0, 0.05) is 11.9 Å². The van der Waals surface area contributed by atoms with Gasteiger partial charge in [-0.05, 0) is 56.0 Å². The molecule has 1 aromatic rings. The molecule has 164 valence electrons. The van der Waals surface area contributed by atoms with Gasteiger partial charge in [-0.25, -0.2) is 0 Å². The zero-order chi connectivity index (χ0) is 20.1. The van der Waals surface area contributed by atoms with Gasteiger partial charge in [-0.1, -0.05) is 31.9 Å². The lowest BCUT2D eigenvalue weighted by Crippen LogP contribution is -2.41. The number of halogens is 5. The van der Waals surface area contributed by atoms with Crippen LogP contribution in [0.15, 0.2) is 24.3 Å². The summed E-state index contributed by atoms with van der Waals surface area (Å²) in [6, 6.07) is 5.82. The number of nitrogens with zero attached hydrogens (tertiary/aromatic N) is 1. The largest absolute Gasteiger partial charge is 0.573 e. The topological polar surface area (TPSA) is 49.8 Å². The lowest BCUT2D eigenvalue weighted by Gasteiger charge is -2.40.